The third kappa shape index (κ3) is 3.12. The molecule has 0 aromatic carbocycles. The molecule has 1 heterocycles. The van der Waals surface area contributed by atoms with Crippen LogP contribution in [0.25, 0.3) is 0 Å². The van der Waals surface area contributed by atoms with Crippen molar-refractivity contribution in [3.8, 4) is 0 Å². The molecule has 16 heavy (non-hydrogen) atoms. The lowest BCUT2D eigenvalue weighted by molar-refractivity contribution is 0.486. The SMILES string of the molecule is Cc1nn(CCC(C)C)c(Cl)c1S(=O)(=O)Cl. The predicted octanol–water partition coefficient (Wildman–Crippen LogP) is 2.82. The zero-order valence-electron chi connectivity index (χ0n) is 9.37. The first-order valence-electron chi connectivity index (χ1n) is 4.91. The molecule has 1 aromatic rings. The summed E-state index contributed by atoms with van der Waals surface area (Å²) in [5, 5.41) is 4.16. The lowest BCUT2D eigenvalue weighted by Gasteiger charge is -2.05. The van der Waals surface area contributed by atoms with E-state index in [9.17, 15) is 8.42 Å². The van der Waals surface area contributed by atoms with Crippen LogP contribution < -0.4 is 0 Å². The van der Waals surface area contributed by atoms with Crippen molar-refractivity contribution >= 4 is 31.3 Å². The Kier molecular flexibility index (Phi) is 4.26. The topological polar surface area (TPSA) is 52.0 Å². The Hall–Kier alpha value is -0.260. The molecule has 0 bridgehead atoms. The highest BCUT2D eigenvalue weighted by atomic mass is 35.7. The minimum Gasteiger partial charge on any atom is -0.252 e. The van der Waals surface area contributed by atoms with Gasteiger partial charge in [-0.15, -0.1) is 0 Å². The van der Waals surface area contributed by atoms with Crippen LogP contribution in [0.5, 0.6) is 0 Å². The smallest absolute Gasteiger partial charge is 0.252 e. The monoisotopic (exact) mass is 284 g/mol. The Balaban J connectivity index is 3.08. The van der Waals surface area contributed by atoms with Crippen LogP contribution in [0.2, 0.25) is 5.15 Å². The molecule has 0 unspecified atom stereocenters. The van der Waals surface area contributed by atoms with Crippen molar-refractivity contribution in [1.82, 2.24) is 9.78 Å². The fourth-order valence-corrected chi connectivity index (χ4v) is 3.28. The van der Waals surface area contributed by atoms with Gasteiger partial charge in [0.1, 0.15) is 10.0 Å². The number of hydrogen-bond donors (Lipinski definition) is 0. The van der Waals surface area contributed by atoms with E-state index in [1.54, 1.807) is 6.92 Å². The normalized spacial score (nSPS) is 12.4. The average Bonchev–Trinajstić information content (AvgIpc) is 2.36. The Morgan fingerprint density at radius 3 is 2.38 bits per heavy atom. The fraction of sp³-hybridized carbons (Fsp3) is 0.667. The summed E-state index contributed by atoms with van der Waals surface area (Å²) in [6.07, 6.45) is 0.878. The van der Waals surface area contributed by atoms with Gasteiger partial charge >= 0.3 is 0 Å². The maximum Gasteiger partial charge on any atom is 0.266 e. The summed E-state index contributed by atoms with van der Waals surface area (Å²) in [6, 6.07) is 0. The predicted molar refractivity (Wildman–Crippen MR) is 64.5 cm³/mol. The molecule has 0 radical (unpaired) electrons. The zero-order valence-corrected chi connectivity index (χ0v) is 11.7. The molecule has 0 aliphatic carbocycles. The molecule has 0 saturated carbocycles. The minimum absolute atomic E-state index is 0.0837. The summed E-state index contributed by atoms with van der Waals surface area (Å²) in [5.74, 6) is 0.497. The molecule has 0 amide bonds. The number of rotatable bonds is 4. The van der Waals surface area contributed by atoms with Crippen molar-refractivity contribution in [2.75, 3.05) is 0 Å². The van der Waals surface area contributed by atoms with E-state index in [-0.39, 0.29) is 10.0 Å². The summed E-state index contributed by atoms with van der Waals surface area (Å²) in [6.45, 7) is 6.31. The molecule has 0 N–H and O–H groups in total. The second-order valence-electron chi connectivity index (χ2n) is 4.05. The van der Waals surface area contributed by atoms with E-state index in [4.69, 9.17) is 22.3 Å². The van der Waals surface area contributed by atoms with Crippen molar-refractivity contribution in [2.24, 2.45) is 5.92 Å². The zero-order chi connectivity index (χ0) is 12.5. The van der Waals surface area contributed by atoms with Crippen molar-refractivity contribution in [3.63, 3.8) is 0 Å². The third-order valence-corrected chi connectivity index (χ3v) is 4.11. The van der Waals surface area contributed by atoms with Gasteiger partial charge in [0.25, 0.3) is 9.05 Å². The molecule has 0 saturated heterocycles. The Labute approximate surface area is 105 Å². The summed E-state index contributed by atoms with van der Waals surface area (Å²) in [5.41, 5.74) is 0.337. The van der Waals surface area contributed by atoms with Gasteiger partial charge in [-0.25, -0.2) is 8.42 Å². The van der Waals surface area contributed by atoms with Gasteiger partial charge in [-0.3, -0.25) is 4.68 Å². The molecule has 92 valence electrons. The van der Waals surface area contributed by atoms with E-state index in [1.807, 2.05) is 0 Å². The third-order valence-electron chi connectivity index (χ3n) is 2.18. The quantitative estimate of drug-likeness (QED) is 0.799. The van der Waals surface area contributed by atoms with Crippen LogP contribution in [0.4, 0.5) is 0 Å². The molecule has 0 spiro atoms. The molecule has 1 rings (SSSR count). The highest BCUT2D eigenvalue weighted by molar-refractivity contribution is 8.13. The van der Waals surface area contributed by atoms with Gasteiger partial charge in [0, 0.05) is 17.2 Å². The van der Waals surface area contributed by atoms with Gasteiger partial charge in [-0.05, 0) is 19.3 Å². The number of aryl methyl sites for hydroxylation is 2. The lowest BCUT2D eigenvalue weighted by atomic mass is 10.1. The Morgan fingerprint density at radius 2 is 2.00 bits per heavy atom. The largest absolute Gasteiger partial charge is 0.266 e. The first-order chi connectivity index (χ1) is 7.23. The second-order valence-corrected chi connectivity index (χ2v) is 6.91. The Bertz CT molecular complexity index is 480. The van der Waals surface area contributed by atoms with Crippen molar-refractivity contribution in [1.29, 1.82) is 0 Å². The maximum atomic E-state index is 11.3. The molecule has 0 atom stereocenters. The number of halogens is 2. The molecule has 4 nitrogen and oxygen atoms in total. The van der Waals surface area contributed by atoms with Crippen LogP contribution in [0.15, 0.2) is 4.90 Å². The van der Waals surface area contributed by atoms with Crippen LogP contribution in [0.3, 0.4) is 0 Å². The second kappa shape index (κ2) is 4.94. The van der Waals surface area contributed by atoms with E-state index in [0.717, 1.165) is 6.42 Å². The van der Waals surface area contributed by atoms with E-state index in [0.29, 0.717) is 18.2 Å². The summed E-state index contributed by atoms with van der Waals surface area (Å²) < 4.78 is 24.0. The van der Waals surface area contributed by atoms with Gasteiger partial charge in [0.2, 0.25) is 0 Å². The van der Waals surface area contributed by atoms with Crippen LogP contribution in [-0.2, 0) is 15.6 Å². The van der Waals surface area contributed by atoms with Gasteiger partial charge in [-0.2, -0.15) is 5.10 Å². The van der Waals surface area contributed by atoms with Gasteiger partial charge in [0.05, 0.1) is 5.69 Å². The molecular weight excluding hydrogens is 271 g/mol. The first kappa shape index (κ1) is 13.8. The molecule has 1 aromatic heterocycles. The number of aromatic nitrogens is 2. The van der Waals surface area contributed by atoms with Crippen LogP contribution in [-0.4, -0.2) is 18.2 Å². The summed E-state index contributed by atoms with van der Waals surface area (Å²) >= 11 is 5.93. The van der Waals surface area contributed by atoms with Crippen LogP contribution in [0.1, 0.15) is 26.0 Å². The van der Waals surface area contributed by atoms with Crippen LogP contribution >= 0.6 is 22.3 Å². The summed E-state index contributed by atoms with van der Waals surface area (Å²) in [4.78, 5) is -0.0837. The molecule has 0 fully saturated rings. The van der Waals surface area contributed by atoms with Gasteiger partial charge in [0.15, 0.2) is 0 Å². The average molecular weight is 285 g/mol. The van der Waals surface area contributed by atoms with E-state index < -0.39 is 9.05 Å². The summed E-state index contributed by atoms with van der Waals surface area (Å²) in [7, 11) is 1.45. The minimum atomic E-state index is -3.82. The molecular formula is C9H14Cl2N2O2S. The lowest BCUT2D eigenvalue weighted by Crippen LogP contribution is -2.03. The highest BCUT2D eigenvalue weighted by Crippen LogP contribution is 2.28. The van der Waals surface area contributed by atoms with E-state index in [2.05, 4.69) is 18.9 Å². The Morgan fingerprint density at radius 1 is 1.44 bits per heavy atom. The molecule has 0 aliphatic rings. The van der Waals surface area contributed by atoms with E-state index in [1.165, 1.54) is 4.68 Å². The van der Waals surface area contributed by atoms with Crippen LogP contribution in [0, 0.1) is 12.8 Å². The molecule has 0 aliphatic heterocycles. The van der Waals surface area contributed by atoms with Gasteiger partial charge < -0.3 is 0 Å². The van der Waals surface area contributed by atoms with Gasteiger partial charge in [-0.1, -0.05) is 25.4 Å². The van der Waals surface area contributed by atoms with Crippen molar-refractivity contribution in [2.45, 2.75) is 38.6 Å². The van der Waals surface area contributed by atoms with Crippen molar-refractivity contribution in [3.05, 3.63) is 10.8 Å². The standard InChI is InChI=1S/C9H14Cl2N2O2S/c1-6(2)4-5-13-9(10)8(7(3)12-13)16(11,14)15/h6H,4-5H2,1-3H3. The molecule has 7 heteroatoms. The number of nitrogens with zero attached hydrogens (tertiary/aromatic N) is 2. The van der Waals surface area contributed by atoms with E-state index >= 15 is 0 Å². The fourth-order valence-electron chi connectivity index (χ4n) is 1.34. The van der Waals surface area contributed by atoms with Crippen molar-refractivity contribution < 1.29 is 8.42 Å². The highest BCUT2D eigenvalue weighted by Gasteiger charge is 2.23. The number of hydrogen-bond acceptors (Lipinski definition) is 3. The maximum absolute atomic E-state index is 11.3. The first-order valence-corrected chi connectivity index (χ1v) is 7.59.